The monoisotopic (exact) mass is 373 g/mol. The van der Waals surface area contributed by atoms with Gasteiger partial charge < -0.3 is 24.3 Å². The maximum atomic E-state index is 12.3. The second kappa shape index (κ2) is 9.47. The molecule has 0 aliphatic carbocycles. The van der Waals surface area contributed by atoms with Gasteiger partial charge in [0, 0.05) is 11.1 Å². The predicted molar refractivity (Wildman–Crippen MR) is 100.0 cm³/mol. The Morgan fingerprint density at radius 3 is 2.33 bits per heavy atom. The molecule has 2 aromatic carbocycles. The predicted octanol–water partition coefficient (Wildman–Crippen LogP) is 2.78. The fourth-order valence-electron chi connectivity index (χ4n) is 2.56. The zero-order chi connectivity index (χ0) is 19.8. The van der Waals surface area contributed by atoms with Gasteiger partial charge in [-0.05, 0) is 43.3 Å². The minimum atomic E-state index is -0.314. The number of nitrogens with one attached hydrogen (secondary N) is 1. The van der Waals surface area contributed by atoms with Crippen molar-refractivity contribution in [3.05, 3.63) is 47.5 Å². The fourth-order valence-corrected chi connectivity index (χ4v) is 2.56. The molecule has 0 saturated heterocycles. The first-order valence-corrected chi connectivity index (χ1v) is 8.29. The normalized spacial score (nSPS) is 11.3. The molecule has 0 bridgehead atoms. The number of amides is 1. The molecule has 2 rings (SSSR count). The van der Waals surface area contributed by atoms with Crippen LogP contribution in [-0.4, -0.2) is 40.1 Å². The van der Waals surface area contributed by atoms with Crippen molar-refractivity contribution in [2.75, 3.05) is 27.9 Å². The summed E-state index contributed by atoms with van der Waals surface area (Å²) in [4.78, 5) is 23.1. The molecule has 1 N–H and O–H groups in total. The smallest absolute Gasteiger partial charge is 0.258 e. The Kier molecular flexibility index (Phi) is 7.05. The highest BCUT2D eigenvalue weighted by atomic mass is 16.5. The van der Waals surface area contributed by atoms with Crippen LogP contribution in [0.15, 0.2) is 36.4 Å². The first-order chi connectivity index (χ1) is 13.0. The van der Waals surface area contributed by atoms with Crippen molar-refractivity contribution in [2.45, 2.75) is 13.0 Å². The van der Waals surface area contributed by atoms with Gasteiger partial charge in [0.05, 0.1) is 27.4 Å². The Labute approximate surface area is 158 Å². The van der Waals surface area contributed by atoms with Crippen LogP contribution in [0.5, 0.6) is 23.0 Å². The van der Waals surface area contributed by atoms with Gasteiger partial charge in [-0.3, -0.25) is 9.59 Å². The number of methoxy groups -OCH3 is 3. The van der Waals surface area contributed by atoms with Crippen molar-refractivity contribution in [1.29, 1.82) is 0 Å². The van der Waals surface area contributed by atoms with Crippen LogP contribution in [0, 0.1) is 0 Å². The molecule has 7 heteroatoms. The topological polar surface area (TPSA) is 83.1 Å². The third-order valence-corrected chi connectivity index (χ3v) is 3.96. The average molecular weight is 373 g/mol. The van der Waals surface area contributed by atoms with Gasteiger partial charge in [-0.25, -0.2) is 0 Å². The number of aldehydes is 1. The Hall–Kier alpha value is -3.22. The molecule has 0 fully saturated rings. The molecule has 0 unspecified atom stereocenters. The lowest BCUT2D eigenvalue weighted by Gasteiger charge is -2.18. The first-order valence-electron chi connectivity index (χ1n) is 8.29. The quantitative estimate of drug-likeness (QED) is 0.681. The van der Waals surface area contributed by atoms with Crippen molar-refractivity contribution in [3.63, 3.8) is 0 Å². The molecule has 0 spiro atoms. The molecule has 7 nitrogen and oxygen atoms in total. The molecule has 27 heavy (non-hydrogen) atoms. The van der Waals surface area contributed by atoms with Crippen LogP contribution < -0.4 is 24.3 Å². The summed E-state index contributed by atoms with van der Waals surface area (Å²) in [5, 5.41) is 2.86. The molecule has 0 aliphatic heterocycles. The molecule has 0 aliphatic rings. The number of hydrogen-bond acceptors (Lipinski definition) is 6. The van der Waals surface area contributed by atoms with E-state index in [9.17, 15) is 9.59 Å². The highest BCUT2D eigenvalue weighted by molar-refractivity contribution is 5.79. The summed E-state index contributed by atoms with van der Waals surface area (Å²) >= 11 is 0. The van der Waals surface area contributed by atoms with E-state index >= 15 is 0 Å². The van der Waals surface area contributed by atoms with E-state index in [2.05, 4.69) is 5.32 Å². The van der Waals surface area contributed by atoms with Gasteiger partial charge >= 0.3 is 0 Å². The molecule has 1 amide bonds. The molecular weight excluding hydrogens is 350 g/mol. The van der Waals surface area contributed by atoms with Crippen molar-refractivity contribution >= 4 is 12.2 Å². The maximum Gasteiger partial charge on any atom is 0.258 e. The number of benzene rings is 2. The van der Waals surface area contributed by atoms with E-state index in [1.54, 1.807) is 44.6 Å². The number of ether oxygens (including phenoxy) is 4. The molecule has 144 valence electrons. The van der Waals surface area contributed by atoms with E-state index < -0.39 is 0 Å². The lowest BCUT2D eigenvalue weighted by Crippen LogP contribution is -2.31. The Morgan fingerprint density at radius 1 is 1.00 bits per heavy atom. The Bertz CT molecular complexity index is 805. The summed E-state index contributed by atoms with van der Waals surface area (Å²) in [5.74, 6) is 1.77. The van der Waals surface area contributed by atoms with Gasteiger partial charge in [-0.2, -0.15) is 0 Å². The Balaban J connectivity index is 2.03. The van der Waals surface area contributed by atoms with Crippen molar-refractivity contribution in [1.82, 2.24) is 5.32 Å². The van der Waals surface area contributed by atoms with Crippen LogP contribution in [0.2, 0.25) is 0 Å². The largest absolute Gasteiger partial charge is 0.497 e. The standard InChI is InChI=1S/C20H23NO6/c1-13(16-10-15(24-2)6-8-17(16)25-3)21-20(23)12-27-18-7-5-14(11-22)9-19(18)26-4/h5-11,13H,12H2,1-4H3,(H,21,23)/t13-/m1/s1. The lowest BCUT2D eigenvalue weighted by atomic mass is 10.1. The van der Waals surface area contributed by atoms with Crippen LogP contribution >= 0.6 is 0 Å². The molecule has 2 aromatic rings. The summed E-state index contributed by atoms with van der Waals surface area (Å²) in [5.41, 5.74) is 1.25. The minimum absolute atomic E-state index is 0.201. The van der Waals surface area contributed by atoms with Gasteiger partial charge in [0.2, 0.25) is 0 Å². The van der Waals surface area contributed by atoms with E-state index in [1.807, 2.05) is 13.0 Å². The van der Waals surface area contributed by atoms with Gasteiger partial charge in [0.1, 0.15) is 17.8 Å². The van der Waals surface area contributed by atoms with Gasteiger partial charge in [0.15, 0.2) is 18.1 Å². The van der Waals surface area contributed by atoms with Crippen LogP contribution in [0.25, 0.3) is 0 Å². The second-order valence-electron chi connectivity index (χ2n) is 5.71. The fraction of sp³-hybridized carbons (Fsp3) is 0.300. The van der Waals surface area contributed by atoms with Crippen molar-refractivity contribution in [3.8, 4) is 23.0 Å². The van der Waals surface area contributed by atoms with Gasteiger partial charge in [0.25, 0.3) is 5.91 Å². The van der Waals surface area contributed by atoms with Gasteiger partial charge in [-0.1, -0.05) is 0 Å². The minimum Gasteiger partial charge on any atom is -0.497 e. The van der Waals surface area contributed by atoms with E-state index in [1.165, 1.54) is 7.11 Å². The highest BCUT2D eigenvalue weighted by Gasteiger charge is 2.16. The molecule has 0 heterocycles. The maximum absolute atomic E-state index is 12.3. The third kappa shape index (κ3) is 5.13. The number of rotatable bonds is 9. The van der Waals surface area contributed by atoms with E-state index in [0.29, 0.717) is 34.8 Å². The summed E-state index contributed by atoms with van der Waals surface area (Å²) in [6.45, 7) is 1.64. The zero-order valence-corrected chi connectivity index (χ0v) is 15.8. The number of hydrogen-bond donors (Lipinski definition) is 1. The van der Waals surface area contributed by atoms with Gasteiger partial charge in [-0.15, -0.1) is 0 Å². The van der Waals surface area contributed by atoms with E-state index in [4.69, 9.17) is 18.9 Å². The number of carbonyl (C=O) groups excluding carboxylic acids is 2. The van der Waals surface area contributed by atoms with E-state index in [0.717, 1.165) is 5.56 Å². The SMILES string of the molecule is COc1ccc(OC)c([C@@H](C)NC(=O)COc2ccc(C=O)cc2OC)c1. The summed E-state index contributed by atoms with van der Waals surface area (Å²) in [6, 6.07) is 9.79. The van der Waals surface area contributed by atoms with Crippen molar-refractivity contribution in [2.24, 2.45) is 0 Å². The Morgan fingerprint density at radius 2 is 1.70 bits per heavy atom. The van der Waals surface area contributed by atoms with Crippen LogP contribution in [0.3, 0.4) is 0 Å². The van der Waals surface area contributed by atoms with Crippen LogP contribution in [0.4, 0.5) is 0 Å². The summed E-state index contributed by atoms with van der Waals surface area (Å²) < 4.78 is 21.3. The number of carbonyl (C=O) groups is 2. The summed E-state index contributed by atoms with van der Waals surface area (Å²) in [7, 11) is 4.61. The lowest BCUT2D eigenvalue weighted by molar-refractivity contribution is -0.123. The summed E-state index contributed by atoms with van der Waals surface area (Å²) in [6.07, 6.45) is 0.711. The highest BCUT2D eigenvalue weighted by Crippen LogP contribution is 2.30. The molecular formula is C20H23NO6. The van der Waals surface area contributed by atoms with E-state index in [-0.39, 0.29) is 18.6 Å². The molecule has 0 radical (unpaired) electrons. The first kappa shape index (κ1) is 20.1. The average Bonchev–Trinajstić information content (AvgIpc) is 2.71. The molecule has 1 atom stereocenters. The molecule has 0 saturated carbocycles. The van der Waals surface area contributed by atoms with Crippen LogP contribution in [0.1, 0.15) is 28.9 Å². The third-order valence-electron chi connectivity index (χ3n) is 3.96. The molecule has 0 aromatic heterocycles. The van der Waals surface area contributed by atoms with Crippen molar-refractivity contribution < 1.29 is 28.5 Å². The zero-order valence-electron chi connectivity index (χ0n) is 15.8. The second-order valence-corrected chi connectivity index (χ2v) is 5.71. The van der Waals surface area contributed by atoms with Crippen LogP contribution in [-0.2, 0) is 4.79 Å².